The smallest absolute Gasteiger partial charge is 0.338 e. The van der Waals surface area contributed by atoms with Gasteiger partial charge >= 0.3 is 11.9 Å². The third kappa shape index (κ3) is 13.9. The molecule has 6 aromatic carbocycles. The normalized spacial score (nSPS) is 17.1. The minimum absolute atomic E-state index is 0. The third-order valence-electron chi connectivity index (χ3n) is 18.5. The number of hydrogen-bond donors (Lipinski definition) is 0. The summed E-state index contributed by atoms with van der Waals surface area (Å²) < 4.78 is 99.2. The number of carbonyl (C=O) groups excluding carboxylic acids is 2. The number of likely N-dealkylation sites (N-methyl/N-ethyl adjacent to an activating group) is 4. The van der Waals surface area contributed by atoms with E-state index in [2.05, 4.69) is 203 Å². The number of nitrogens with zero attached hydrogens (tertiary/aromatic N) is 4. The van der Waals surface area contributed by atoms with E-state index >= 15 is 0 Å². The number of hydrogen-bond acceptors (Lipinski definition) is 16. The molecule has 0 spiro atoms. The molecule has 6 aromatic rings. The Morgan fingerprint density at radius 3 is 1.09 bits per heavy atom. The van der Waals surface area contributed by atoms with E-state index in [1.807, 2.05) is 48.5 Å². The van der Waals surface area contributed by atoms with E-state index in [-0.39, 0.29) is 42.8 Å². The molecule has 12 rings (SSSR count). The topological polar surface area (TPSA) is 268 Å². The maximum atomic E-state index is 14.8. The van der Waals surface area contributed by atoms with Crippen molar-refractivity contribution in [2.45, 2.75) is 140 Å². The number of esters is 2. The van der Waals surface area contributed by atoms with Gasteiger partial charge in [0.15, 0.2) is 11.1 Å². The van der Waals surface area contributed by atoms with Crippen molar-refractivity contribution >= 4 is 56.8 Å². The van der Waals surface area contributed by atoms with E-state index < -0.39 is 32.4 Å². The average molecular weight is 1340 g/mol. The Morgan fingerprint density at radius 1 is 0.442 bits per heavy atom. The van der Waals surface area contributed by atoms with Crippen LogP contribution in [0.1, 0.15) is 183 Å². The van der Waals surface area contributed by atoms with Gasteiger partial charge in [-0.2, -0.15) is 0 Å². The van der Waals surface area contributed by atoms with Gasteiger partial charge in [0.25, 0.3) is 0 Å². The number of carbonyl (C=O) groups is 2. The fraction of sp³-hybridized carbons (Fsp3) is 0.360. The van der Waals surface area contributed by atoms with E-state index in [9.17, 15) is 9.59 Å². The van der Waals surface area contributed by atoms with Gasteiger partial charge in [0.2, 0.25) is 10.7 Å². The summed E-state index contributed by atoms with van der Waals surface area (Å²) in [5, 5.41) is 4.01. The Morgan fingerprint density at radius 2 is 0.768 bits per heavy atom. The van der Waals surface area contributed by atoms with Crippen molar-refractivity contribution in [2.24, 2.45) is 0 Å². The summed E-state index contributed by atoms with van der Waals surface area (Å²) in [6.07, 6.45) is 9.34. The lowest BCUT2D eigenvalue weighted by atomic mass is 9.83. The van der Waals surface area contributed by atoms with Crippen molar-refractivity contribution in [1.29, 1.82) is 0 Å². The monoisotopic (exact) mass is 1330 g/mol. The Hall–Kier alpha value is -7.98. The number of halogens is 2. The van der Waals surface area contributed by atoms with Crippen molar-refractivity contribution in [3.8, 4) is 23.0 Å². The second-order valence-corrected chi connectivity index (χ2v) is 27.9. The number of ether oxygens (including phenoxy) is 4. The van der Waals surface area contributed by atoms with Crippen LogP contribution in [0.2, 0.25) is 0 Å². The van der Waals surface area contributed by atoms with Crippen LogP contribution >= 0.6 is 0 Å². The minimum atomic E-state index is -4.94. The summed E-state index contributed by atoms with van der Waals surface area (Å²) in [4.78, 5) is 34.3. The van der Waals surface area contributed by atoms with Gasteiger partial charge in [-0.3, -0.25) is 0 Å². The van der Waals surface area contributed by atoms with Gasteiger partial charge in [-0.05, 0) is 165 Å². The maximum absolute atomic E-state index is 14.8. The molecule has 502 valence electrons. The van der Waals surface area contributed by atoms with Crippen molar-refractivity contribution in [2.75, 3.05) is 49.2 Å². The quantitative estimate of drug-likeness (QED) is 0.101. The van der Waals surface area contributed by atoms with Gasteiger partial charge in [0.05, 0.1) is 34.3 Å². The lowest BCUT2D eigenvalue weighted by Gasteiger charge is -2.43. The third-order valence-corrected chi connectivity index (χ3v) is 18.5. The Bertz CT molecular complexity index is 4250. The largest absolute Gasteiger partial charge is 0.458 e. The molecule has 0 radical (unpaired) electrons. The molecule has 6 aliphatic heterocycles. The van der Waals surface area contributed by atoms with Crippen LogP contribution < -0.4 is 86.8 Å². The molecule has 0 saturated heterocycles. The first kappa shape index (κ1) is 71.3. The second-order valence-electron chi connectivity index (χ2n) is 26.4. The zero-order valence-corrected chi connectivity index (χ0v) is 57.6. The molecule has 20 heteroatoms. The van der Waals surface area contributed by atoms with Crippen molar-refractivity contribution < 1.29 is 86.3 Å². The Balaban J connectivity index is 0.000000899. The summed E-state index contributed by atoms with van der Waals surface area (Å²) in [6, 6.07) is 33.0. The van der Waals surface area contributed by atoms with E-state index in [0.29, 0.717) is 11.1 Å². The highest BCUT2D eigenvalue weighted by molar-refractivity contribution is 6.02. The number of rotatable bonds is 11. The predicted octanol–water partition coefficient (Wildman–Crippen LogP) is 3.99. The molecule has 0 unspecified atom stereocenters. The molecule has 0 fully saturated rings. The van der Waals surface area contributed by atoms with E-state index in [1.165, 1.54) is 22.3 Å². The predicted molar refractivity (Wildman–Crippen MR) is 348 cm³/mol. The van der Waals surface area contributed by atoms with Crippen LogP contribution in [-0.2, 0) is 9.47 Å². The molecule has 6 aliphatic rings. The highest BCUT2D eigenvalue weighted by Crippen LogP contribution is 2.49. The van der Waals surface area contributed by atoms with Crippen LogP contribution in [-0.4, -0.2) is 73.5 Å². The summed E-state index contributed by atoms with van der Waals surface area (Å²) in [6.45, 7) is 38.4. The van der Waals surface area contributed by atoms with Gasteiger partial charge in [0.1, 0.15) is 49.3 Å². The summed E-state index contributed by atoms with van der Waals surface area (Å²) >= 11 is 0. The van der Waals surface area contributed by atoms with Crippen molar-refractivity contribution in [3.05, 3.63) is 198 Å². The summed E-state index contributed by atoms with van der Waals surface area (Å²) in [7, 11) is -9.89. The molecule has 0 atom stereocenters. The lowest BCUT2D eigenvalue weighted by molar-refractivity contribution is -2.00. The zero-order valence-electron chi connectivity index (χ0n) is 56.0. The highest BCUT2D eigenvalue weighted by Gasteiger charge is 2.40. The molecule has 95 heavy (non-hydrogen) atoms. The van der Waals surface area contributed by atoms with Crippen LogP contribution in [0.5, 0.6) is 23.0 Å². The molecule has 0 aromatic heterocycles. The highest BCUT2D eigenvalue weighted by atomic mass is 35.7. The van der Waals surface area contributed by atoms with E-state index in [0.717, 1.165) is 137 Å². The molecule has 0 aliphatic carbocycles. The molecule has 0 saturated carbocycles. The van der Waals surface area contributed by atoms with Crippen LogP contribution in [0.3, 0.4) is 0 Å². The maximum Gasteiger partial charge on any atom is 0.338 e. The van der Waals surface area contributed by atoms with E-state index in [4.69, 9.17) is 56.2 Å². The SMILES string of the molecule is C.CCN1c2cc3c(cc2C(C)=CC1(C)C)C(c1ccccc1C(=O)OCCOC(=O)c1ccccc1C1=c2cc4c(cc2Oc2cc5c(cc21)C(C)=CC(C)(C)N5CC)=[N+](CC)C(C)(C)C=C4C)=c1cc2c(cc1O3)=[N+](CC)C(C)(C)C=C2C.[O-][Cl+3]([O-])([O-])[O-].[O-][Cl+3]([O-])([O-])[O-]. The summed E-state index contributed by atoms with van der Waals surface area (Å²) in [5.74, 6) is 1.86. The van der Waals surface area contributed by atoms with Crippen LogP contribution in [0.15, 0.2) is 121 Å². The zero-order chi connectivity index (χ0) is 68.7. The number of anilines is 2. The fourth-order valence-corrected chi connectivity index (χ4v) is 15.1. The van der Waals surface area contributed by atoms with Crippen molar-refractivity contribution in [1.82, 2.24) is 9.15 Å². The molecule has 0 bridgehead atoms. The van der Waals surface area contributed by atoms with Crippen molar-refractivity contribution in [3.63, 3.8) is 0 Å². The Labute approximate surface area is 560 Å². The molecular formula is C75H84Cl2N4O14. The lowest BCUT2D eigenvalue weighted by Crippen LogP contribution is -2.68. The minimum Gasteiger partial charge on any atom is -0.458 e. The molecule has 0 amide bonds. The first-order chi connectivity index (χ1) is 43.9. The fourth-order valence-electron chi connectivity index (χ4n) is 15.1. The summed E-state index contributed by atoms with van der Waals surface area (Å²) in [5.41, 5.74) is 16.4. The average Bonchev–Trinajstić information content (AvgIpc) is 0.725. The van der Waals surface area contributed by atoms with Gasteiger partial charge in [-0.15, -0.1) is 20.5 Å². The van der Waals surface area contributed by atoms with Crippen LogP contribution in [0.25, 0.3) is 33.4 Å². The van der Waals surface area contributed by atoms with Gasteiger partial charge < -0.3 is 28.7 Å². The molecule has 6 heterocycles. The Kier molecular flexibility index (Phi) is 19.7. The first-order valence-electron chi connectivity index (χ1n) is 31.4. The van der Waals surface area contributed by atoms with Crippen LogP contribution in [0, 0.1) is 20.5 Å². The molecule has 18 nitrogen and oxygen atoms in total. The van der Waals surface area contributed by atoms with Gasteiger partial charge in [-0.25, -0.2) is 56.0 Å². The van der Waals surface area contributed by atoms with Crippen LogP contribution in [0.4, 0.5) is 11.4 Å². The second kappa shape index (κ2) is 26.2. The van der Waals surface area contributed by atoms with Gasteiger partial charge in [-0.1, -0.05) is 56.0 Å². The van der Waals surface area contributed by atoms with Gasteiger partial charge in [0, 0.05) is 119 Å². The number of benzene rings is 6. The van der Waals surface area contributed by atoms with E-state index in [1.54, 1.807) is 0 Å². The molecular weight excluding hydrogens is 1250 g/mol. The standard InChI is InChI=1S/C74H80N4O6.CH4.2ClHO4/c1-17-75-59-35-63-55(31-51(59)43(5)39-71(75,9)10)67(56-32-52-44(6)40-72(11,12)76(18-2)60(52)36-64(56)83-63)47-25-21-23-27-49(47)69(79)81-29-30-82-70(80)50-28-24-22-26-48(50)68-57-33-53-45(7)41-73(13,14)77(19-3)61(53)37-65(57)84-66-38-62-54(34-58(66)68)46(8)42-74(15,16)78(62)20-4;;2*2-1(3,4)5/h21-28,31-42H,17-20,29-30H2,1-16H3;1H4;2*(H,2,3,4,5)/q+2;;;/p-2. The number of allylic oxidation sites excluding steroid dienone is 4. The first-order valence-corrected chi connectivity index (χ1v) is 33.9. The molecule has 0 N–H and O–H groups in total. The number of fused-ring (bicyclic) bond motifs is 8.